The smallest absolute Gasteiger partial charge is 0.207 e. The molecule has 0 atom stereocenters. The summed E-state index contributed by atoms with van der Waals surface area (Å²) in [6.07, 6.45) is 2.21. The SMILES string of the molecule is N#Cc1nn(-c2ccc(F)cc2)nc1N1CCCC1. The molecule has 5 nitrogen and oxygen atoms in total. The molecular weight excluding hydrogens is 245 g/mol. The second-order valence-corrected chi connectivity index (χ2v) is 4.44. The first-order chi connectivity index (χ1) is 9.28. The van der Waals surface area contributed by atoms with E-state index in [9.17, 15) is 4.39 Å². The van der Waals surface area contributed by atoms with Crippen LogP contribution in [-0.2, 0) is 0 Å². The predicted octanol–water partition coefficient (Wildman–Crippen LogP) is 1.88. The molecule has 1 aliphatic rings. The highest BCUT2D eigenvalue weighted by Crippen LogP contribution is 2.21. The molecule has 0 bridgehead atoms. The fourth-order valence-corrected chi connectivity index (χ4v) is 2.20. The number of benzene rings is 1. The Bertz CT molecular complexity index is 619. The van der Waals surface area contributed by atoms with Gasteiger partial charge in [0.15, 0.2) is 5.82 Å². The Morgan fingerprint density at radius 2 is 1.79 bits per heavy atom. The van der Waals surface area contributed by atoms with Crippen molar-refractivity contribution in [3.05, 3.63) is 35.8 Å². The number of halogens is 1. The van der Waals surface area contributed by atoms with Crippen molar-refractivity contribution >= 4 is 5.82 Å². The number of anilines is 1. The summed E-state index contributed by atoms with van der Waals surface area (Å²) in [6, 6.07) is 7.93. The van der Waals surface area contributed by atoms with Crippen LogP contribution < -0.4 is 4.90 Å². The van der Waals surface area contributed by atoms with E-state index in [-0.39, 0.29) is 5.82 Å². The Balaban J connectivity index is 1.99. The van der Waals surface area contributed by atoms with Gasteiger partial charge in [-0.05, 0) is 37.1 Å². The number of aromatic nitrogens is 3. The Kier molecular flexibility index (Phi) is 2.88. The first-order valence-electron chi connectivity index (χ1n) is 6.16. The summed E-state index contributed by atoms with van der Waals surface area (Å²) in [5.41, 5.74) is 0.953. The van der Waals surface area contributed by atoms with Crippen LogP contribution in [0, 0.1) is 17.1 Å². The third-order valence-corrected chi connectivity index (χ3v) is 3.17. The van der Waals surface area contributed by atoms with Gasteiger partial charge in [-0.3, -0.25) is 0 Å². The first-order valence-corrected chi connectivity index (χ1v) is 6.16. The van der Waals surface area contributed by atoms with Crippen molar-refractivity contribution in [3.63, 3.8) is 0 Å². The van der Waals surface area contributed by atoms with Crippen LogP contribution >= 0.6 is 0 Å². The largest absolute Gasteiger partial charge is 0.353 e. The normalized spacial score (nSPS) is 14.6. The molecule has 0 N–H and O–H groups in total. The average molecular weight is 257 g/mol. The zero-order valence-electron chi connectivity index (χ0n) is 10.3. The fraction of sp³-hybridized carbons (Fsp3) is 0.308. The standard InChI is InChI=1S/C13H12FN5/c14-10-3-5-11(6-4-10)19-16-12(9-15)13(17-19)18-7-1-2-8-18/h3-6H,1-2,7-8H2. The van der Waals surface area contributed by atoms with Gasteiger partial charge < -0.3 is 4.90 Å². The van der Waals surface area contributed by atoms with Gasteiger partial charge >= 0.3 is 0 Å². The van der Waals surface area contributed by atoms with Crippen LogP contribution in [0.1, 0.15) is 18.5 Å². The Morgan fingerprint density at radius 1 is 1.11 bits per heavy atom. The molecule has 0 amide bonds. The Hall–Kier alpha value is -2.42. The molecule has 1 aliphatic heterocycles. The van der Waals surface area contributed by atoms with Gasteiger partial charge in [-0.15, -0.1) is 15.0 Å². The highest BCUT2D eigenvalue weighted by Gasteiger charge is 2.21. The van der Waals surface area contributed by atoms with Crippen molar-refractivity contribution in [1.29, 1.82) is 5.26 Å². The van der Waals surface area contributed by atoms with Crippen molar-refractivity contribution in [3.8, 4) is 11.8 Å². The molecular formula is C13H12FN5. The van der Waals surface area contributed by atoms with Crippen molar-refractivity contribution < 1.29 is 4.39 Å². The van der Waals surface area contributed by atoms with Gasteiger partial charge in [0.25, 0.3) is 0 Å². The maximum atomic E-state index is 12.9. The average Bonchev–Trinajstić information content (AvgIpc) is 3.08. The monoisotopic (exact) mass is 257 g/mol. The topological polar surface area (TPSA) is 57.7 Å². The van der Waals surface area contributed by atoms with Gasteiger partial charge in [-0.25, -0.2) is 4.39 Å². The number of nitriles is 1. The lowest BCUT2D eigenvalue weighted by Crippen LogP contribution is -2.19. The fourth-order valence-electron chi connectivity index (χ4n) is 2.20. The maximum absolute atomic E-state index is 12.9. The van der Waals surface area contributed by atoms with Gasteiger partial charge in [-0.1, -0.05) is 0 Å². The van der Waals surface area contributed by atoms with E-state index in [1.54, 1.807) is 12.1 Å². The first kappa shape index (κ1) is 11.7. The highest BCUT2D eigenvalue weighted by molar-refractivity contribution is 5.50. The Morgan fingerprint density at radius 3 is 2.42 bits per heavy atom. The van der Waals surface area contributed by atoms with Crippen LogP contribution in [0.5, 0.6) is 0 Å². The molecule has 0 unspecified atom stereocenters. The van der Waals surface area contributed by atoms with Gasteiger partial charge in [0, 0.05) is 13.1 Å². The molecule has 1 aromatic heterocycles. The van der Waals surface area contributed by atoms with Crippen LogP contribution in [-0.4, -0.2) is 28.1 Å². The third-order valence-electron chi connectivity index (χ3n) is 3.17. The summed E-state index contributed by atoms with van der Waals surface area (Å²) in [5.74, 6) is 0.306. The highest BCUT2D eigenvalue weighted by atomic mass is 19.1. The lowest BCUT2D eigenvalue weighted by Gasteiger charge is -2.12. The quantitative estimate of drug-likeness (QED) is 0.824. The summed E-state index contributed by atoms with van der Waals surface area (Å²) in [4.78, 5) is 3.44. The van der Waals surface area contributed by atoms with E-state index in [2.05, 4.69) is 21.2 Å². The van der Waals surface area contributed by atoms with E-state index in [1.165, 1.54) is 16.9 Å². The van der Waals surface area contributed by atoms with Gasteiger partial charge in [0.05, 0.1) is 5.69 Å². The molecule has 19 heavy (non-hydrogen) atoms. The van der Waals surface area contributed by atoms with E-state index in [4.69, 9.17) is 5.26 Å². The van der Waals surface area contributed by atoms with Crippen LogP contribution in [0.3, 0.4) is 0 Å². The molecule has 6 heteroatoms. The van der Waals surface area contributed by atoms with E-state index in [0.29, 0.717) is 17.2 Å². The van der Waals surface area contributed by atoms with Crippen molar-refractivity contribution in [2.75, 3.05) is 18.0 Å². The van der Waals surface area contributed by atoms with Gasteiger partial charge in [-0.2, -0.15) is 5.26 Å². The minimum absolute atomic E-state index is 0.309. The van der Waals surface area contributed by atoms with Crippen molar-refractivity contribution in [2.24, 2.45) is 0 Å². The minimum atomic E-state index is -0.309. The molecule has 2 aromatic rings. The lowest BCUT2D eigenvalue weighted by atomic mass is 10.3. The van der Waals surface area contributed by atoms with Gasteiger partial charge in [0.1, 0.15) is 11.9 Å². The zero-order valence-corrected chi connectivity index (χ0v) is 10.3. The van der Waals surface area contributed by atoms with E-state index < -0.39 is 0 Å². The summed E-state index contributed by atoms with van der Waals surface area (Å²) < 4.78 is 12.9. The second-order valence-electron chi connectivity index (χ2n) is 4.44. The molecule has 0 saturated carbocycles. The number of nitrogens with zero attached hydrogens (tertiary/aromatic N) is 5. The molecule has 0 spiro atoms. The van der Waals surface area contributed by atoms with Crippen LogP contribution in [0.15, 0.2) is 24.3 Å². The number of rotatable bonds is 2. The van der Waals surface area contributed by atoms with E-state index >= 15 is 0 Å². The minimum Gasteiger partial charge on any atom is -0.353 e. The summed E-state index contributed by atoms with van der Waals surface area (Å²) in [5, 5.41) is 17.6. The third kappa shape index (κ3) is 2.15. The van der Waals surface area contributed by atoms with Gasteiger partial charge in [0.2, 0.25) is 5.69 Å². The zero-order chi connectivity index (χ0) is 13.2. The lowest BCUT2D eigenvalue weighted by molar-refractivity contribution is 0.626. The molecule has 1 aromatic carbocycles. The summed E-state index contributed by atoms with van der Waals surface area (Å²) in [7, 11) is 0. The van der Waals surface area contributed by atoms with Crippen LogP contribution in [0.4, 0.5) is 10.2 Å². The maximum Gasteiger partial charge on any atom is 0.207 e. The van der Waals surface area contributed by atoms with Crippen molar-refractivity contribution in [2.45, 2.75) is 12.8 Å². The van der Waals surface area contributed by atoms with E-state index in [0.717, 1.165) is 25.9 Å². The molecule has 0 aliphatic carbocycles. The molecule has 3 rings (SSSR count). The van der Waals surface area contributed by atoms with Crippen LogP contribution in [0.2, 0.25) is 0 Å². The molecule has 1 saturated heterocycles. The number of hydrogen-bond acceptors (Lipinski definition) is 4. The Labute approximate surface area is 109 Å². The van der Waals surface area contributed by atoms with Crippen molar-refractivity contribution in [1.82, 2.24) is 15.0 Å². The molecule has 1 fully saturated rings. The predicted molar refractivity (Wildman–Crippen MR) is 67.5 cm³/mol. The molecule has 0 radical (unpaired) electrons. The summed E-state index contributed by atoms with van der Waals surface area (Å²) >= 11 is 0. The summed E-state index contributed by atoms with van der Waals surface area (Å²) in [6.45, 7) is 1.80. The van der Waals surface area contributed by atoms with Crippen LogP contribution in [0.25, 0.3) is 5.69 Å². The second kappa shape index (κ2) is 4.69. The van der Waals surface area contributed by atoms with E-state index in [1.807, 2.05) is 0 Å². The number of hydrogen-bond donors (Lipinski definition) is 0. The molecule has 2 heterocycles. The molecule has 96 valence electrons.